The molecule has 0 aliphatic rings. The molecular formula is C15H20N4OS. The van der Waals surface area contributed by atoms with Crippen molar-refractivity contribution in [3.63, 3.8) is 0 Å². The van der Waals surface area contributed by atoms with E-state index in [1.54, 1.807) is 4.90 Å². The van der Waals surface area contributed by atoms with Crippen LogP contribution >= 0.6 is 11.3 Å². The third-order valence-corrected chi connectivity index (χ3v) is 4.12. The van der Waals surface area contributed by atoms with Gasteiger partial charge in [-0.25, -0.2) is 0 Å². The topological polar surface area (TPSA) is 58.1 Å². The van der Waals surface area contributed by atoms with E-state index in [0.717, 1.165) is 27.0 Å². The monoisotopic (exact) mass is 304 g/mol. The molecule has 2 rings (SSSR count). The van der Waals surface area contributed by atoms with Crippen LogP contribution in [0.15, 0.2) is 12.1 Å². The third-order valence-electron chi connectivity index (χ3n) is 3.16. The lowest BCUT2D eigenvalue weighted by Crippen LogP contribution is -2.30. The summed E-state index contributed by atoms with van der Waals surface area (Å²) in [5.41, 5.74) is 4.25. The summed E-state index contributed by atoms with van der Waals surface area (Å²) in [5, 5.41) is 12.6. The number of anilines is 2. The van der Waals surface area contributed by atoms with Crippen molar-refractivity contribution in [3.05, 3.63) is 33.8 Å². The van der Waals surface area contributed by atoms with Crippen LogP contribution in [0, 0.1) is 27.7 Å². The molecule has 1 amide bonds. The van der Waals surface area contributed by atoms with Gasteiger partial charge < -0.3 is 10.2 Å². The molecule has 5 nitrogen and oxygen atoms in total. The minimum Gasteiger partial charge on any atom is -0.340 e. The number of aromatic nitrogens is 2. The Balaban J connectivity index is 2.05. The van der Waals surface area contributed by atoms with Crippen LogP contribution in [0.3, 0.4) is 0 Å². The van der Waals surface area contributed by atoms with E-state index in [4.69, 9.17) is 0 Å². The van der Waals surface area contributed by atoms with Crippen molar-refractivity contribution in [2.45, 2.75) is 27.7 Å². The molecule has 1 heterocycles. The van der Waals surface area contributed by atoms with Crippen molar-refractivity contribution < 1.29 is 4.79 Å². The quantitative estimate of drug-likeness (QED) is 0.943. The van der Waals surface area contributed by atoms with E-state index in [1.807, 2.05) is 27.8 Å². The Kier molecular flexibility index (Phi) is 4.57. The average Bonchev–Trinajstić information content (AvgIpc) is 2.80. The first-order chi connectivity index (χ1) is 9.86. The Morgan fingerprint density at radius 3 is 2.33 bits per heavy atom. The Labute approximate surface area is 129 Å². The third kappa shape index (κ3) is 3.78. The van der Waals surface area contributed by atoms with Gasteiger partial charge in [0, 0.05) is 12.7 Å². The molecule has 0 aliphatic carbocycles. The molecule has 1 aromatic heterocycles. The summed E-state index contributed by atoms with van der Waals surface area (Å²) in [5.74, 6) is -0.0552. The zero-order chi connectivity index (χ0) is 15.6. The van der Waals surface area contributed by atoms with Gasteiger partial charge in [-0.3, -0.25) is 4.79 Å². The summed E-state index contributed by atoms with van der Waals surface area (Å²) < 4.78 is 0. The highest BCUT2D eigenvalue weighted by Gasteiger charge is 2.13. The number of nitrogens with zero attached hydrogens (tertiary/aromatic N) is 3. The number of benzene rings is 1. The van der Waals surface area contributed by atoms with Crippen LogP contribution in [0.5, 0.6) is 0 Å². The van der Waals surface area contributed by atoms with Gasteiger partial charge in [0.05, 0.1) is 6.54 Å². The van der Waals surface area contributed by atoms with E-state index in [-0.39, 0.29) is 12.5 Å². The fraction of sp³-hybridized carbons (Fsp3) is 0.400. The van der Waals surface area contributed by atoms with Crippen LogP contribution in [0.4, 0.5) is 10.8 Å². The minimum atomic E-state index is -0.0552. The molecule has 0 spiro atoms. The minimum absolute atomic E-state index is 0.0552. The van der Waals surface area contributed by atoms with Gasteiger partial charge in [-0.15, -0.1) is 10.2 Å². The van der Waals surface area contributed by atoms with Crippen molar-refractivity contribution in [2.75, 3.05) is 23.8 Å². The number of hydrogen-bond acceptors (Lipinski definition) is 5. The van der Waals surface area contributed by atoms with Crippen LogP contribution in [0.1, 0.15) is 21.7 Å². The molecule has 0 atom stereocenters. The second-order valence-corrected chi connectivity index (χ2v) is 6.44. The van der Waals surface area contributed by atoms with Crippen molar-refractivity contribution in [1.82, 2.24) is 10.2 Å². The molecule has 0 saturated carbocycles. The fourth-order valence-corrected chi connectivity index (χ4v) is 2.93. The van der Waals surface area contributed by atoms with Gasteiger partial charge in [0.2, 0.25) is 11.0 Å². The number of aryl methyl sites for hydroxylation is 4. The first kappa shape index (κ1) is 15.4. The van der Waals surface area contributed by atoms with Crippen LogP contribution in [-0.4, -0.2) is 29.7 Å². The van der Waals surface area contributed by atoms with Crippen molar-refractivity contribution >= 4 is 28.1 Å². The van der Waals surface area contributed by atoms with E-state index in [0.29, 0.717) is 0 Å². The molecule has 1 N–H and O–H groups in total. The zero-order valence-corrected chi connectivity index (χ0v) is 13.8. The van der Waals surface area contributed by atoms with Gasteiger partial charge in [0.15, 0.2) is 0 Å². The molecule has 0 fully saturated rings. The van der Waals surface area contributed by atoms with Gasteiger partial charge in [-0.05, 0) is 38.8 Å². The van der Waals surface area contributed by atoms with E-state index in [2.05, 4.69) is 34.6 Å². The number of hydrogen-bond donors (Lipinski definition) is 1. The highest BCUT2D eigenvalue weighted by atomic mass is 32.1. The Bertz CT molecular complexity index is 642. The fourth-order valence-electron chi connectivity index (χ4n) is 2.28. The van der Waals surface area contributed by atoms with Crippen molar-refractivity contribution in [3.8, 4) is 0 Å². The summed E-state index contributed by atoms with van der Waals surface area (Å²) >= 11 is 1.48. The maximum absolute atomic E-state index is 12.2. The van der Waals surface area contributed by atoms with Crippen molar-refractivity contribution in [1.29, 1.82) is 0 Å². The Morgan fingerprint density at radius 2 is 1.81 bits per heavy atom. The van der Waals surface area contributed by atoms with Crippen LogP contribution in [0.25, 0.3) is 0 Å². The number of rotatable bonds is 4. The lowest BCUT2D eigenvalue weighted by molar-refractivity contribution is -0.114. The highest BCUT2D eigenvalue weighted by molar-refractivity contribution is 7.15. The molecule has 21 heavy (non-hydrogen) atoms. The molecule has 0 unspecified atom stereocenters. The van der Waals surface area contributed by atoms with Gasteiger partial charge in [0.25, 0.3) is 0 Å². The summed E-state index contributed by atoms with van der Waals surface area (Å²) in [6.45, 7) is 8.22. The largest absolute Gasteiger partial charge is 0.340 e. The van der Waals surface area contributed by atoms with E-state index < -0.39 is 0 Å². The molecular weight excluding hydrogens is 284 g/mol. The van der Waals surface area contributed by atoms with Crippen molar-refractivity contribution in [2.24, 2.45) is 0 Å². The summed E-state index contributed by atoms with van der Waals surface area (Å²) in [4.78, 5) is 14.0. The van der Waals surface area contributed by atoms with E-state index in [9.17, 15) is 4.79 Å². The molecule has 2 aromatic rings. The number of nitrogens with one attached hydrogen (secondary N) is 1. The molecule has 0 saturated heterocycles. The van der Waals surface area contributed by atoms with Crippen LogP contribution < -0.4 is 10.2 Å². The van der Waals surface area contributed by atoms with Gasteiger partial charge >= 0.3 is 0 Å². The Morgan fingerprint density at radius 1 is 1.19 bits per heavy atom. The van der Waals surface area contributed by atoms with Gasteiger partial charge in [0.1, 0.15) is 5.01 Å². The number of amides is 1. The summed E-state index contributed by atoms with van der Waals surface area (Å²) in [7, 11) is 1.84. The highest BCUT2D eigenvalue weighted by Crippen LogP contribution is 2.22. The normalized spacial score (nSPS) is 10.5. The molecule has 112 valence electrons. The molecule has 0 bridgehead atoms. The maximum Gasteiger partial charge on any atom is 0.243 e. The second-order valence-electron chi connectivity index (χ2n) is 5.28. The lowest BCUT2D eigenvalue weighted by Gasteiger charge is -2.17. The molecule has 1 aromatic carbocycles. The van der Waals surface area contributed by atoms with Gasteiger partial charge in [-0.1, -0.05) is 29.0 Å². The molecule has 0 aliphatic heterocycles. The predicted molar refractivity (Wildman–Crippen MR) is 87.2 cm³/mol. The summed E-state index contributed by atoms with van der Waals surface area (Å²) in [6, 6.07) is 4.14. The molecule has 6 heteroatoms. The zero-order valence-electron chi connectivity index (χ0n) is 13.0. The first-order valence-electron chi connectivity index (χ1n) is 6.75. The van der Waals surface area contributed by atoms with Crippen LogP contribution in [0.2, 0.25) is 0 Å². The van der Waals surface area contributed by atoms with Gasteiger partial charge in [-0.2, -0.15) is 0 Å². The molecule has 0 radical (unpaired) electrons. The first-order valence-corrected chi connectivity index (χ1v) is 7.57. The Hall–Kier alpha value is -1.95. The lowest BCUT2D eigenvalue weighted by atomic mass is 10.1. The average molecular weight is 304 g/mol. The number of carbonyl (C=O) groups is 1. The van der Waals surface area contributed by atoms with Crippen LogP contribution in [-0.2, 0) is 4.79 Å². The maximum atomic E-state index is 12.2. The number of carbonyl (C=O) groups excluding carboxylic acids is 1. The smallest absolute Gasteiger partial charge is 0.243 e. The summed E-state index contributed by atoms with van der Waals surface area (Å²) in [6.07, 6.45) is 0. The second kappa shape index (κ2) is 6.22. The van der Waals surface area contributed by atoms with E-state index in [1.165, 1.54) is 16.9 Å². The van der Waals surface area contributed by atoms with E-state index >= 15 is 0 Å². The SMILES string of the molecule is Cc1cc(C)c(NC(=O)CN(C)c2nnc(C)s2)c(C)c1. The standard InChI is InChI=1S/C15H20N4OS/c1-9-6-10(2)14(11(3)7-9)16-13(20)8-19(5)15-18-17-12(4)21-15/h6-7H,8H2,1-5H3,(H,16,20). The predicted octanol–water partition coefficient (Wildman–Crippen LogP) is 2.85. The number of likely N-dealkylation sites (N-methyl/N-ethyl adjacent to an activating group) is 1.